The van der Waals surface area contributed by atoms with Crippen LogP contribution in [0.2, 0.25) is 5.15 Å². The first kappa shape index (κ1) is 12.8. The fraction of sp³-hybridized carbons (Fsp3) is 0.200. The number of imidazole rings is 1. The van der Waals surface area contributed by atoms with Gasteiger partial charge in [0.25, 0.3) is 10.0 Å². The van der Waals surface area contributed by atoms with Crippen LogP contribution in [0.5, 0.6) is 0 Å². The molecule has 0 bridgehead atoms. The van der Waals surface area contributed by atoms with E-state index in [1.54, 1.807) is 26.1 Å². The van der Waals surface area contributed by atoms with E-state index in [4.69, 9.17) is 11.6 Å². The lowest BCUT2D eigenvalue weighted by molar-refractivity contribution is 0.598. The second kappa shape index (κ2) is 4.58. The van der Waals surface area contributed by atoms with Gasteiger partial charge in [0.1, 0.15) is 11.0 Å². The Morgan fingerprint density at radius 1 is 1.39 bits per heavy atom. The number of hydrogen-bond donors (Lipinski definition) is 1. The summed E-state index contributed by atoms with van der Waals surface area (Å²) in [6.45, 7) is 1.75. The van der Waals surface area contributed by atoms with E-state index in [9.17, 15) is 8.42 Å². The zero-order chi connectivity index (χ0) is 13.3. The number of aryl methyl sites for hydroxylation is 2. The first-order chi connectivity index (χ1) is 8.42. The van der Waals surface area contributed by atoms with Gasteiger partial charge < -0.3 is 4.57 Å². The van der Waals surface area contributed by atoms with E-state index in [0.29, 0.717) is 5.56 Å². The highest BCUT2D eigenvalue weighted by Crippen LogP contribution is 2.21. The number of hydrogen-bond acceptors (Lipinski definition) is 4. The highest BCUT2D eigenvalue weighted by atomic mass is 35.5. The number of nitrogens with zero attached hydrogens (tertiary/aromatic N) is 3. The van der Waals surface area contributed by atoms with Crippen LogP contribution in [-0.2, 0) is 17.1 Å². The van der Waals surface area contributed by atoms with Gasteiger partial charge in [-0.1, -0.05) is 17.7 Å². The van der Waals surface area contributed by atoms with Gasteiger partial charge in [0, 0.05) is 13.2 Å². The summed E-state index contributed by atoms with van der Waals surface area (Å²) in [7, 11) is -2.21. The smallest absolute Gasteiger partial charge is 0.283 e. The van der Waals surface area contributed by atoms with E-state index >= 15 is 0 Å². The highest BCUT2D eigenvalue weighted by molar-refractivity contribution is 7.92. The largest absolute Gasteiger partial charge is 0.324 e. The third-order valence-corrected chi connectivity index (χ3v) is 4.16. The maximum absolute atomic E-state index is 12.1. The maximum atomic E-state index is 12.1. The molecule has 0 unspecified atom stereocenters. The Labute approximate surface area is 110 Å². The van der Waals surface area contributed by atoms with Gasteiger partial charge in [0.05, 0.1) is 6.33 Å². The Morgan fingerprint density at radius 3 is 2.67 bits per heavy atom. The summed E-state index contributed by atoms with van der Waals surface area (Å²) >= 11 is 5.86. The van der Waals surface area contributed by atoms with E-state index in [0.717, 1.165) is 0 Å². The van der Waals surface area contributed by atoms with Crippen molar-refractivity contribution in [3.05, 3.63) is 35.4 Å². The molecule has 96 valence electrons. The van der Waals surface area contributed by atoms with Gasteiger partial charge in [-0.3, -0.25) is 4.72 Å². The molecule has 2 aromatic rings. The van der Waals surface area contributed by atoms with Gasteiger partial charge in [-0.25, -0.2) is 9.97 Å². The number of pyridine rings is 1. The maximum Gasteiger partial charge on any atom is 0.283 e. The molecule has 2 rings (SSSR count). The van der Waals surface area contributed by atoms with Crippen molar-refractivity contribution < 1.29 is 8.42 Å². The Kier molecular flexibility index (Phi) is 3.27. The molecule has 0 amide bonds. The summed E-state index contributed by atoms with van der Waals surface area (Å²) < 4.78 is 27.9. The molecular weight excluding hydrogens is 276 g/mol. The van der Waals surface area contributed by atoms with Crippen molar-refractivity contribution in [1.82, 2.24) is 14.5 Å². The fourth-order valence-corrected chi connectivity index (χ4v) is 2.86. The fourth-order valence-electron chi connectivity index (χ4n) is 1.34. The number of aromatic nitrogens is 3. The van der Waals surface area contributed by atoms with E-state index in [1.165, 1.54) is 17.1 Å². The molecule has 0 aliphatic carbocycles. The number of anilines is 1. The highest BCUT2D eigenvalue weighted by Gasteiger charge is 2.23. The van der Waals surface area contributed by atoms with Gasteiger partial charge in [-0.15, -0.1) is 0 Å². The molecule has 8 heteroatoms. The quantitative estimate of drug-likeness (QED) is 0.929. The average molecular weight is 287 g/mol. The van der Waals surface area contributed by atoms with Crippen LogP contribution in [0.4, 0.5) is 5.82 Å². The molecule has 0 saturated carbocycles. The molecule has 6 nitrogen and oxygen atoms in total. The van der Waals surface area contributed by atoms with Crippen molar-refractivity contribution in [1.29, 1.82) is 0 Å². The summed E-state index contributed by atoms with van der Waals surface area (Å²) in [6.07, 6.45) is 2.84. The molecule has 18 heavy (non-hydrogen) atoms. The second-order valence-corrected chi connectivity index (χ2v) is 5.68. The van der Waals surface area contributed by atoms with Gasteiger partial charge in [0.2, 0.25) is 5.03 Å². The van der Waals surface area contributed by atoms with Crippen LogP contribution in [-0.4, -0.2) is 23.0 Å². The van der Waals surface area contributed by atoms with Crippen molar-refractivity contribution in [2.45, 2.75) is 11.9 Å². The number of rotatable bonds is 3. The lowest BCUT2D eigenvalue weighted by Crippen LogP contribution is -2.15. The van der Waals surface area contributed by atoms with Crippen LogP contribution in [0, 0.1) is 6.92 Å². The Morgan fingerprint density at radius 2 is 2.11 bits per heavy atom. The second-order valence-electron chi connectivity index (χ2n) is 3.73. The van der Waals surface area contributed by atoms with Gasteiger partial charge in [-0.05, 0) is 18.6 Å². The van der Waals surface area contributed by atoms with E-state index in [1.807, 2.05) is 0 Å². The predicted octanol–water partition coefficient (Wildman–Crippen LogP) is 1.58. The summed E-state index contributed by atoms with van der Waals surface area (Å²) in [5.41, 5.74) is 0.716. The normalized spacial score (nSPS) is 11.5. The topological polar surface area (TPSA) is 76.9 Å². The zero-order valence-corrected chi connectivity index (χ0v) is 11.3. The van der Waals surface area contributed by atoms with E-state index in [-0.39, 0.29) is 16.0 Å². The standard InChI is InChI=1S/C10H11ClN4O2S/c1-7-4-3-5-12-9(7)14-18(16,17)10-8(11)15(2)6-13-10/h3-6H,1-2H3,(H,12,14). The third-order valence-electron chi connectivity index (χ3n) is 2.33. The zero-order valence-electron chi connectivity index (χ0n) is 9.75. The summed E-state index contributed by atoms with van der Waals surface area (Å²) in [5, 5.41) is -0.159. The summed E-state index contributed by atoms with van der Waals surface area (Å²) in [4.78, 5) is 7.72. The van der Waals surface area contributed by atoms with Gasteiger partial charge >= 0.3 is 0 Å². The van der Waals surface area contributed by atoms with Crippen molar-refractivity contribution in [2.75, 3.05) is 4.72 Å². The lowest BCUT2D eigenvalue weighted by Gasteiger charge is -2.07. The van der Waals surface area contributed by atoms with Crippen LogP contribution >= 0.6 is 11.6 Å². The molecule has 0 atom stereocenters. The van der Waals surface area contributed by atoms with Crippen LogP contribution < -0.4 is 4.72 Å². The molecule has 2 heterocycles. The van der Waals surface area contributed by atoms with Gasteiger partial charge in [-0.2, -0.15) is 8.42 Å². The SMILES string of the molecule is Cc1cccnc1NS(=O)(=O)c1ncn(C)c1Cl. The average Bonchev–Trinajstić information content (AvgIpc) is 2.63. The lowest BCUT2D eigenvalue weighted by atomic mass is 10.3. The molecule has 0 spiro atoms. The first-order valence-corrected chi connectivity index (χ1v) is 6.89. The minimum absolute atomic E-state index is 0.0519. The number of halogens is 1. The predicted molar refractivity (Wildman–Crippen MR) is 68.0 cm³/mol. The van der Waals surface area contributed by atoms with Crippen molar-refractivity contribution >= 4 is 27.4 Å². The molecule has 0 fully saturated rings. The Balaban J connectivity index is 2.40. The van der Waals surface area contributed by atoms with Crippen LogP contribution in [0.3, 0.4) is 0 Å². The molecule has 0 radical (unpaired) electrons. The van der Waals surface area contributed by atoms with E-state index < -0.39 is 10.0 Å². The molecule has 0 aliphatic rings. The molecule has 0 saturated heterocycles. The van der Waals surface area contributed by atoms with Crippen LogP contribution in [0.15, 0.2) is 29.7 Å². The van der Waals surface area contributed by atoms with Crippen molar-refractivity contribution in [3.8, 4) is 0 Å². The summed E-state index contributed by atoms with van der Waals surface area (Å²) in [6, 6.07) is 3.48. The van der Waals surface area contributed by atoms with Crippen LogP contribution in [0.1, 0.15) is 5.56 Å². The minimum Gasteiger partial charge on any atom is -0.324 e. The molecular formula is C10H11ClN4O2S. The number of nitrogens with one attached hydrogen (secondary N) is 1. The van der Waals surface area contributed by atoms with Crippen LogP contribution in [0.25, 0.3) is 0 Å². The van der Waals surface area contributed by atoms with E-state index in [2.05, 4.69) is 14.7 Å². The number of sulfonamides is 1. The molecule has 0 aromatic carbocycles. The van der Waals surface area contributed by atoms with Gasteiger partial charge in [0.15, 0.2) is 0 Å². The molecule has 0 aliphatic heterocycles. The monoisotopic (exact) mass is 286 g/mol. The van der Waals surface area contributed by atoms with Crippen molar-refractivity contribution in [2.24, 2.45) is 7.05 Å². The summed E-state index contributed by atoms with van der Waals surface area (Å²) in [5.74, 6) is 0.263. The third kappa shape index (κ3) is 2.32. The first-order valence-electron chi connectivity index (χ1n) is 5.03. The Hall–Kier alpha value is -1.60. The Bertz CT molecular complexity index is 681. The molecule has 2 aromatic heterocycles. The van der Waals surface area contributed by atoms with Crippen molar-refractivity contribution in [3.63, 3.8) is 0 Å². The minimum atomic E-state index is -3.82. The molecule has 1 N–H and O–H groups in total.